The van der Waals surface area contributed by atoms with E-state index in [1.165, 1.54) is 15.3 Å². The molecule has 1 rings (SSSR count). The molecule has 0 aromatic heterocycles. The first-order valence-electron chi connectivity index (χ1n) is 3.43. The summed E-state index contributed by atoms with van der Waals surface area (Å²) in [6.07, 6.45) is 0. The zero-order valence-electron chi connectivity index (χ0n) is 6.71. The van der Waals surface area contributed by atoms with Crippen LogP contribution >= 0.6 is 25.2 Å². The number of benzene rings is 1. The highest BCUT2D eigenvalue weighted by atomic mass is 79.9. The summed E-state index contributed by atoms with van der Waals surface area (Å²) in [6.45, 7) is 0. The van der Waals surface area contributed by atoms with Crippen LogP contribution in [0, 0.1) is 10.1 Å². The Hall–Kier alpha value is -0.610. The molecule has 1 atom stereocenters. The van der Waals surface area contributed by atoms with Crippen LogP contribution in [0.1, 0.15) is 5.56 Å². The number of alkyl halides is 2. The van der Waals surface area contributed by atoms with Crippen molar-refractivity contribution in [1.29, 1.82) is 0 Å². The van der Waals surface area contributed by atoms with E-state index in [0.717, 1.165) is 12.1 Å². The molecular formula is C7H5BrF2NO2P. The molecule has 1 aromatic rings. The maximum atomic E-state index is 12.8. The SMILES string of the molecule is O=[N+]([O-])c1cc(C(F)(F)P)ccc1Br. The van der Waals surface area contributed by atoms with Crippen molar-refractivity contribution >= 4 is 30.9 Å². The second kappa shape index (κ2) is 3.87. The average molecular weight is 284 g/mol. The minimum atomic E-state index is -3.15. The van der Waals surface area contributed by atoms with Gasteiger partial charge in [0, 0.05) is 11.6 Å². The predicted octanol–water partition coefficient (Wildman–Crippen LogP) is 3.28. The van der Waals surface area contributed by atoms with Gasteiger partial charge in [0.15, 0.2) is 0 Å². The lowest BCUT2D eigenvalue weighted by molar-refractivity contribution is -0.385. The molecule has 0 spiro atoms. The van der Waals surface area contributed by atoms with Gasteiger partial charge >= 0.3 is 0 Å². The molecule has 7 heteroatoms. The summed E-state index contributed by atoms with van der Waals surface area (Å²) >= 11 is 2.90. The molecule has 0 radical (unpaired) electrons. The number of hydrogen-bond acceptors (Lipinski definition) is 2. The van der Waals surface area contributed by atoms with Gasteiger partial charge in [-0.25, -0.2) is 0 Å². The zero-order chi connectivity index (χ0) is 10.9. The first-order valence-corrected chi connectivity index (χ1v) is 4.80. The maximum absolute atomic E-state index is 12.8. The maximum Gasteiger partial charge on any atom is 0.284 e. The molecule has 0 N–H and O–H groups in total. The van der Waals surface area contributed by atoms with Crippen LogP contribution in [-0.2, 0) is 5.66 Å². The largest absolute Gasteiger partial charge is 0.284 e. The van der Waals surface area contributed by atoms with E-state index in [2.05, 4.69) is 15.9 Å². The normalized spacial score (nSPS) is 11.4. The number of nitro groups is 1. The van der Waals surface area contributed by atoms with Gasteiger partial charge in [-0.05, 0) is 22.0 Å². The molecule has 76 valence electrons. The third kappa shape index (κ3) is 2.45. The third-order valence-electron chi connectivity index (χ3n) is 1.53. The van der Waals surface area contributed by atoms with Gasteiger partial charge in [-0.1, -0.05) is 15.3 Å². The van der Waals surface area contributed by atoms with Crippen molar-refractivity contribution in [3.63, 3.8) is 0 Å². The quantitative estimate of drug-likeness (QED) is 0.475. The van der Waals surface area contributed by atoms with Crippen LogP contribution in [0.4, 0.5) is 14.5 Å². The smallest absolute Gasteiger partial charge is 0.258 e. The van der Waals surface area contributed by atoms with Crippen LogP contribution in [0.25, 0.3) is 0 Å². The number of halogens is 3. The van der Waals surface area contributed by atoms with Crippen molar-refractivity contribution < 1.29 is 13.7 Å². The summed E-state index contributed by atoms with van der Waals surface area (Å²) < 4.78 is 25.7. The van der Waals surface area contributed by atoms with Gasteiger partial charge in [-0.3, -0.25) is 10.1 Å². The fourth-order valence-corrected chi connectivity index (χ4v) is 1.43. The van der Waals surface area contributed by atoms with E-state index in [-0.39, 0.29) is 10.2 Å². The Morgan fingerprint density at radius 2 is 2.07 bits per heavy atom. The summed E-state index contributed by atoms with van der Waals surface area (Å²) in [5.74, 6) is 0. The lowest BCUT2D eigenvalue weighted by Gasteiger charge is -2.09. The monoisotopic (exact) mass is 283 g/mol. The molecule has 0 amide bonds. The first-order chi connectivity index (χ1) is 6.32. The Morgan fingerprint density at radius 3 is 2.50 bits per heavy atom. The Morgan fingerprint density at radius 1 is 1.50 bits per heavy atom. The summed E-state index contributed by atoms with van der Waals surface area (Å²) in [7, 11) is 1.33. The fraction of sp³-hybridized carbons (Fsp3) is 0.143. The first kappa shape index (κ1) is 11.5. The molecule has 0 aliphatic heterocycles. The number of nitro benzene ring substituents is 1. The van der Waals surface area contributed by atoms with Crippen molar-refractivity contribution in [2.24, 2.45) is 0 Å². The topological polar surface area (TPSA) is 43.1 Å². The fourth-order valence-electron chi connectivity index (χ4n) is 0.860. The van der Waals surface area contributed by atoms with Crippen molar-refractivity contribution in [3.8, 4) is 0 Å². The Labute approximate surface area is 89.0 Å². The summed E-state index contributed by atoms with van der Waals surface area (Å²) in [6, 6.07) is 3.20. The number of hydrogen-bond donors (Lipinski definition) is 0. The van der Waals surface area contributed by atoms with Crippen molar-refractivity contribution in [2.45, 2.75) is 5.66 Å². The Kier molecular flexibility index (Phi) is 3.17. The lowest BCUT2D eigenvalue weighted by Crippen LogP contribution is -2.03. The van der Waals surface area contributed by atoms with Gasteiger partial charge in [-0.2, -0.15) is 8.78 Å². The summed E-state index contributed by atoms with van der Waals surface area (Å²) in [4.78, 5) is 9.71. The van der Waals surface area contributed by atoms with E-state index in [1.54, 1.807) is 0 Å². The van der Waals surface area contributed by atoms with Crippen molar-refractivity contribution in [3.05, 3.63) is 38.3 Å². The van der Waals surface area contributed by atoms with Crippen LogP contribution in [0.3, 0.4) is 0 Å². The molecule has 1 aromatic carbocycles. The molecule has 14 heavy (non-hydrogen) atoms. The third-order valence-corrected chi connectivity index (χ3v) is 2.53. The van der Waals surface area contributed by atoms with Gasteiger partial charge in [0.25, 0.3) is 11.4 Å². The van der Waals surface area contributed by atoms with E-state index < -0.39 is 16.2 Å². The van der Waals surface area contributed by atoms with E-state index in [1.807, 2.05) is 0 Å². The molecule has 0 bridgehead atoms. The highest BCUT2D eigenvalue weighted by molar-refractivity contribution is 9.10. The van der Waals surface area contributed by atoms with Crippen LogP contribution in [0.15, 0.2) is 22.7 Å². The second-order valence-corrected chi connectivity index (χ2v) is 4.13. The standard InChI is InChI=1S/C7H5BrF2NO2P/c8-5-2-1-4(7(9,10)14)3-6(5)11(12)13/h1-3H,14H2. The molecule has 0 saturated heterocycles. The number of rotatable bonds is 2. The molecule has 1 unspecified atom stereocenters. The van der Waals surface area contributed by atoms with Gasteiger partial charge < -0.3 is 0 Å². The molecule has 0 fully saturated rings. The van der Waals surface area contributed by atoms with Gasteiger partial charge in [0.1, 0.15) is 0 Å². The minimum Gasteiger partial charge on any atom is -0.258 e. The molecule has 0 saturated carbocycles. The molecular weight excluding hydrogens is 279 g/mol. The van der Waals surface area contributed by atoms with Gasteiger partial charge in [-0.15, -0.1) is 0 Å². The highest BCUT2D eigenvalue weighted by Gasteiger charge is 2.27. The van der Waals surface area contributed by atoms with Crippen LogP contribution in [0.5, 0.6) is 0 Å². The van der Waals surface area contributed by atoms with Crippen molar-refractivity contribution in [2.75, 3.05) is 0 Å². The predicted molar refractivity (Wildman–Crippen MR) is 54.4 cm³/mol. The molecule has 0 heterocycles. The lowest BCUT2D eigenvalue weighted by atomic mass is 10.2. The van der Waals surface area contributed by atoms with E-state index in [9.17, 15) is 18.9 Å². The average Bonchev–Trinajstić information content (AvgIpc) is 2.02. The van der Waals surface area contributed by atoms with Crippen LogP contribution in [-0.4, -0.2) is 4.92 Å². The van der Waals surface area contributed by atoms with Crippen LogP contribution < -0.4 is 0 Å². The Balaban J connectivity index is 3.27. The van der Waals surface area contributed by atoms with E-state index >= 15 is 0 Å². The van der Waals surface area contributed by atoms with E-state index in [4.69, 9.17) is 0 Å². The van der Waals surface area contributed by atoms with Crippen LogP contribution in [0.2, 0.25) is 0 Å². The zero-order valence-corrected chi connectivity index (χ0v) is 9.45. The summed E-state index contributed by atoms with van der Waals surface area (Å²) in [5, 5.41) is 10.4. The van der Waals surface area contributed by atoms with Gasteiger partial charge in [0.05, 0.1) is 9.40 Å². The Bertz CT molecular complexity index is 380. The highest BCUT2D eigenvalue weighted by Crippen LogP contribution is 2.38. The van der Waals surface area contributed by atoms with E-state index in [0.29, 0.717) is 0 Å². The van der Waals surface area contributed by atoms with Gasteiger partial charge in [0.2, 0.25) is 0 Å². The summed E-state index contributed by atoms with van der Waals surface area (Å²) in [5.41, 5.74) is -3.92. The number of nitrogens with zero attached hydrogens (tertiary/aromatic N) is 1. The van der Waals surface area contributed by atoms with Crippen molar-refractivity contribution in [1.82, 2.24) is 0 Å². The second-order valence-electron chi connectivity index (χ2n) is 2.55. The molecule has 0 aliphatic carbocycles. The molecule has 0 aliphatic rings. The minimum absolute atomic E-state index is 0.181. The molecule has 3 nitrogen and oxygen atoms in total.